The molecule has 1 N–H and O–H groups in total. The largest absolute Gasteiger partial charge is 0.342 e. The first-order valence-corrected chi connectivity index (χ1v) is 7.24. The van der Waals surface area contributed by atoms with Crippen LogP contribution in [0.2, 0.25) is 0 Å². The molecule has 1 aliphatic rings. The number of hydrogen-bond donors (Lipinski definition) is 1. The fourth-order valence-electron chi connectivity index (χ4n) is 2.87. The zero-order valence-corrected chi connectivity index (χ0v) is 12.3. The van der Waals surface area contributed by atoms with Crippen LogP contribution in [-0.2, 0) is 4.79 Å². The topological polar surface area (TPSA) is 74.8 Å². The van der Waals surface area contributed by atoms with Crippen molar-refractivity contribution in [1.29, 1.82) is 0 Å². The maximum Gasteiger partial charge on any atom is 0.219 e. The molecule has 3 rings (SSSR count). The number of nitrogens with one attached hydrogen (secondary N) is 1. The first kappa shape index (κ1) is 13.7. The Balaban J connectivity index is 1.93. The van der Waals surface area contributed by atoms with E-state index in [9.17, 15) is 4.79 Å². The van der Waals surface area contributed by atoms with Gasteiger partial charge in [0.1, 0.15) is 11.4 Å². The average Bonchev–Trinajstić information content (AvgIpc) is 2.94. The molecular weight excluding hydrogens is 266 g/mol. The SMILES string of the molecule is CC(=O)N1CCC[C@@H](c2nccnc2-c2cc(C)[nH]n2)C1. The molecule has 1 amide bonds. The van der Waals surface area contributed by atoms with Gasteiger partial charge in [0.25, 0.3) is 0 Å². The number of aromatic nitrogens is 4. The summed E-state index contributed by atoms with van der Waals surface area (Å²) in [6.07, 6.45) is 5.43. The molecule has 1 fully saturated rings. The van der Waals surface area contributed by atoms with Crippen LogP contribution in [0.25, 0.3) is 11.4 Å². The van der Waals surface area contributed by atoms with Crippen LogP contribution in [0.3, 0.4) is 0 Å². The number of amides is 1. The maximum atomic E-state index is 11.6. The zero-order chi connectivity index (χ0) is 14.8. The summed E-state index contributed by atoms with van der Waals surface area (Å²) in [4.78, 5) is 22.5. The molecule has 1 atom stereocenters. The predicted octanol–water partition coefficient (Wildman–Crippen LogP) is 1.90. The van der Waals surface area contributed by atoms with Crippen molar-refractivity contribution in [3.05, 3.63) is 29.8 Å². The number of likely N-dealkylation sites (tertiary alicyclic amines) is 1. The summed E-state index contributed by atoms with van der Waals surface area (Å²) in [5, 5.41) is 7.23. The van der Waals surface area contributed by atoms with Gasteiger partial charge in [-0.25, -0.2) is 0 Å². The molecule has 2 aromatic rings. The third-order valence-electron chi connectivity index (χ3n) is 3.93. The third-order valence-corrected chi connectivity index (χ3v) is 3.93. The van der Waals surface area contributed by atoms with E-state index >= 15 is 0 Å². The highest BCUT2D eigenvalue weighted by atomic mass is 16.2. The van der Waals surface area contributed by atoms with E-state index in [1.807, 2.05) is 17.9 Å². The van der Waals surface area contributed by atoms with Crippen LogP contribution in [0, 0.1) is 6.92 Å². The monoisotopic (exact) mass is 285 g/mol. The fourth-order valence-corrected chi connectivity index (χ4v) is 2.87. The molecule has 6 heteroatoms. The van der Waals surface area contributed by atoms with Gasteiger partial charge >= 0.3 is 0 Å². The second-order valence-electron chi connectivity index (χ2n) is 5.53. The standard InChI is InChI=1S/C15H19N5O/c1-10-8-13(19-18-10)15-14(16-5-6-17-15)12-4-3-7-20(9-12)11(2)21/h5-6,8,12H,3-4,7,9H2,1-2H3,(H,18,19)/t12-/m1/s1. The average molecular weight is 285 g/mol. The number of hydrogen-bond acceptors (Lipinski definition) is 4. The Labute approximate surface area is 123 Å². The third kappa shape index (κ3) is 2.79. The molecule has 0 aromatic carbocycles. The van der Waals surface area contributed by atoms with E-state index in [1.54, 1.807) is 19.3 Å². The molecule has 0 bridgehead atoms. The highest BCUT2D eigenvalue weighted by Crippen LogP contribution is 2.31. The van der Waals surface area contributed by atoms with Crippen molar-refractivity contribution < 1.29 is 4.79 Å². The molecule has 3 heterocycles. The molecule has 2 aromatic heterocycles. The first-order valence-electron chi connectivity index (χ1n) is 7.24. The van der Waals surface area contributed by atoms with Gasteiger partial charge in [0.2, 0.25) is 5.91 Å². The molecule has 0 saturated carbocycles. The number of piperidine rings is 1. The van der Waals surface area contributed by atoms with Crippen LogP contribution in [0.5, 0.6) is 0 Å². The van der Waals surface area contributed by atoms with Crippen molar-refractivity contribution in [3.63, 3.8) is 0 Å². The van der Waals surface area contributed by atoms with Crippen molar-refractivity contribution in [2.24, 2.45) is 0 Å². The van der Waals surface area contributed by atoms with Gasteiger partial charge in [0.05, 0.1) is 5.69 Å². The summed E-state index contributed by atoms with van der Waals surface area (Å²) in [5.41, 5.74) is 3.57. The minimum absolute atomic E-state index is 0.126. The molecule has 0 radical (unpaired) electrons. The Morgan fingerprint density at radius 1 is 1.38 bits per heavy atom. The number of H-pyrrole nitrogens is 1. The molecular formula is C15H19N5O. The van der Waals surface area contributed by atoms with Crippen LogP contribution in [0.4, 0.5) is 0 Å². The molecule has 1 aliphatic heterocycles. The van der Waals surface area contributed by atoms with Gasteiger partial charge in [-0.3, -0.25) is 19.9 Å². The van der Waals surface area contributed by atoms with E-state index in [2.05, 4.69) is 20.2 Å². The minimum Gasteiger partial charge on any atom is -0.342 e. The Kier molecular flexibility index (Phi) is 3.68. The van der Waals surface area contributed by atoms with Crippen molar-refractivity contribution in [2.75, 3.05) is 13.1 Å². The quantitative estimate of drug-likeness (QED) is 0.914. The van der Waals surface area contributed by atoms with E-state index in [4.69, 9.17) is 0 Å². The Hall–Kier alpha value is -2.24. The van der Waals surface area contributed by atoms with Crippen LogP contribution < -0.4 is 0 Å². The van der Waals surface area contributed by atoms with Crippen LogP contribution in [-0.4, -0.2) is 44.1 Å². The lowest BCUT2D eigenvalue weighted by atomic mass is 9.92. The maximum absolute atomic E-state index is 11.6. The molecule has 0 aliphatic carbocycles. The summed E-state index contributed by atoms with van der Waals surface area (Å²) in [6.45, 7) is 5.13. The fraction of sp³-hybridized carbons (Fsp3) is 0.467. The second kappa shape index (κ2) is 5.63. The summed E-state index contributed by atoms with van der Waals surface area (Å²) >= 11 is 0. The minimum atomic E-state index is 0.126. The van der Waals surface area contributed by atoms with Gasteiger partial charge in [-0.1, -0.05) is 0 Å². The number of aromatic amines is 1. The van der Waals surface area contributed by atoms with Gasteiger partial charge in [0, 0.05) is 44.0 Å². The number of carbonyl (C=O) groups is 1. The lowest BCUT2D eigenvalue weighted by Crippen LogP contribution is -2.38. The number of nitrogens with zero attached hydrogens (tertiary/aromatic N) is 4. The smallest absolute Gasteiger partial charge is 0.219 e. The molecule has 21 heavy (non-hydrogen) atoms. The molecule has 0 unspecified atom stereocenters. The Morgan fingerprint density at radius 2 is 2.19 bits per heavy atom. The molecule has 110 valence electrons. The van der Waals surface area contributed by atoms with E-state index in [0.717, 1.165) is 42.2 Å². The number of carbonyl (C=O) groups excluding carboxylic acids is 1. The lowest BCUT2D eigenvalue weighted by Gasteiger charge is -2.32. The highest BCUT2D eigenvalue weighted by molar-refractivity contribution is 5.73. The Morgan fingerprint density at radius 3 is 2.90 bits per heavy atom. The van der Waals surface area contributed by atoms with Gasteiger partial charge in [0.15, 0.2) is 0 Å². The summed E-state index contributed by atoms with van der Waals surface area (Å²) in [7, 11) is 0. The molecule has 6 nitrogen and oxygen atoms in total. The van der Waals surface area contributed by atoms with Crippen molar-refractivity contribution in [2.45, 2.75) is 32.6 Å². The van der Waals surface area contributed by atoms with Crippen molar-refractivity contribution in [1.82, 2.24) is 25.1 Å². The lowest BCUT2D eigenvalue weighted by molar-refractivity contribution is -0.130. The first-order chi connectivity index (χ1) is 10.1. The normalized spacial score (nSPS) is 18.8. The van der Waals surface area contributed by atoms with Crippen molar-refractivity contribution >= 4 is 5.91 Å². The zero-order valence-electron chi connectivity index (χ0n) is 12.3. The van der Waals surface area contributed by atoms with Gasteiger partial charge in [-0.15, -0.1) is 0 Å². The summed E-state index contributed by atoms with van der Waals surface area (Å²) in [6, 6.07) is 1.97. The van der Waals surface area contributed by atoms with Crippen LogP contribution in [0.1, 0.15) is 37.1 Å². The van der Waals surface area contributed by atoms with Crippen molar-refractivity contribution in [3.8, 4) is 11.4 Å². The van der Waals surface area contributed by atoms with E-state index in [-0.39, 0.29) is 11.8 Å². The van der Waals surface area contributed by atoms with Gasteiger partial charge < -0.3 is 4.90 Å². The van der Waals surface area contributed by atoms with Gasteiger partial charge in [-0.05, 0) is 25.8 Å². The molecule has 0 spiro atoms. The van der Waals surface area contributed by atoms with Crippen LogP contribution >= 0.6 is 0 Å². The second-order valence-corrected chi connectivity index (χ2v) is 5.53. The summed E-state index contributed by atoms with van der Waals surface area (Å²) in [5.74, 6) is 0.351. The number of aryl methyl sites for hydroxylation is 1. The van der Waals surface area contributed by atoms with E-state index < -0.39 is 0 Å². The predicted molar refractivity (Wildman–Crippen MR) is 78.6 cm³/mol. The number of rotatable bonds is 2. The Bertz CT molecular complexity index is 651. The van der Waals surface area contributed by atoms with E-state index in [1.165, 1.54) is 0 Å². The van der Waals surface area contributed by atoms with E-state index in [0.29, 0.717) is 6.54 Å². The summed E-state index contributed by atoms with van der Waals surface area (Å²) < 4.78 is 0. The van der Waals surface area contributed by atoms with Gasteiger partial charge in [-0.2, -0.15) is 5.10 Å². The molecule has 1 saturated heterocycles. The van der Waals surface area contributed by atoms with Crippen LogP contribution in [0.15, 0.2) is 18.5 Å². The highest BCUT2D eigenvalue weighted by Gasteiger charge is 2.27.